The lowest BCUT2D eigenvalue weighted by atomic mass is 9.88. The van der Waals surface area contributed by atoms with Gasteiger partial charge in [0.05, 0.1) is 30.7 Å². The van der Waals surface area contributed by atoms with Crippen LogP contribution in [0, 0.1) is 5.92 Å². The minimum absolute atomic E-state index is 0.118. The van der Waals surface area contributed by atoms with Crippen molar-refractivity contribution < 1.29 is 27.2 Å². The van der Waals surface area contributed by atoms with E-state index in [0.717, 1.165) is 22.6 Å². The van der Waals surface area contributed by atoms with E-state index < -0.39 is 33.6 Å². The van der Waals surface area contributed by atoms with Gasteiger partial charge in [0.2, 0.25) is 10.0 Å². The van der Waals surface area contributed by atoms with Crippen LogP contribution in [0.25, 0.3) is 0 Å². The van der Waals surface area contributed by atoms with Crippen molar-refractivity contribution in [3.8, 4) is 11.5 Å². The molecule has 0 aliphatic carbocycles. The fraction of sp³-hybridized carbons (Fsp3) is 0.517. The molecule has 0 amide bonds. The Morgan fingerprint density at radius 2 is 1.26 bits per heavy atom. The summed E-state index contributed by atoms with van der Waals surface area (Å²) in [5, 5.41) is -0.595. The van der Waals surface area contributed by atoms with Gasteiger partial charge in [0.1, 0.15) is 11.5 Å². The molecule has 0 bridgehead atoms. The number of nitrogens with zero attached hydrogens (tertiary/aromatic N) is 1. The Balaban J connectivity index is 1.75. The summed E-state index contributed by atoms with van der Waals surface area (Å²) >= 11 is 0. The number of hydrogen-bond donors (Lipinski definition) is 0. The van der Waals surface area contributed by atoms with Crippen LogP contribution in [0.15, 0.2) is 60.6 Å². The van der Waals surface area contributed by atoms with E-state index in [2.05, 4.69) is 0 Å². The van der Waals surface area contributed by atoms with Gasteiger partial charge in [-0.3, -0.25) is 0 Å². The van der Waals surface area contributed by atoms with E-state index >= 15 is 0 Å². The number of methoxy groups -OCH3 is 2. The van der Waals surface area contributed by atoms with Crippen LogP contribution in [0.5, 0.6) is 11.5 Å². The van der Waals surface area contributed by atoms with Crippen molar-refractivity contribution in [3.05, 3.63) is 71.7 Å². The van der Waals surface area contributed by atoms with Crippen molar-refractivity contribution >= 4 is 17.1 Å². The van der Waals surface area contributed by atoms with Crippen LogP contribution in [0.2, 0.25) is 0 Å². The number of ether oxygens (including phenoxy) is 2. The minimum atomic E-state index is -3.64. The van der Waals surface area contributed by atoms with Crippen LogP contribution in [0.4, 0.5) is 0 Å². The lowest BCUT2D eigenvalue weighted by Gasteiger charge is -2.32. The third kappa shape index (κ3) is 7.20. The molecule has 0 N–H and O–H groups in total. The molecule has 2 aromatic rings. The average molecular weight is 544 g/mol. The summed E-state index contributed by atoms with van der Waals surface area (Å²) in [6.45, 7) is 12.3. The predicted molar refractivity (Wildman–Crippen MR) is 153 cm³/mol. The zero-order valence-electron chi connectivity index (χ0n) is 23.9. The predicted octanol–water partition coefficient (Wildman–Crippen LogP) is 5.64. The average Bonchev–Trinajstić information content (AvgIpc) is 3.09. The first-order chi connectivity index (χ1) is 17.8. The van der Waals surface area contributed by atoms with Crippen molar-refractivity contribution in [3.63, 3.8) is 0 Å². The van der Waals surface area contributed by atoms with E-state index in [1.807, 2.05) is 95.2 Å². The summed E-state index contributed by atoms with van der Waals surface area (Å²) < 4.78 is 52.0. The fourth-order valence-corrected chi connectivity index (χ4v) is 6.02. The maximum Gasteiger partial charge on any atom is 0.486 e. The highest BCUT2D eigenvalue weighted by molar-refractivity contribution is 7.89. The molecule has 2 aromatic carbocycles. The fourth-order valence-electron chi connectivity index (χ4n) is 4.20. The van der Waals surface area contributed by atoms with Gasteiger partial charge in [-0.15, -0.1) is 0 Å². The normalized spacial score (nSPS) is 18.6. The number of sulfonamides is 1. The molecule has 0 saturated carbocycles. The molecule has 0 aromatic heterocycles. The van der Waals surface area contributed by atoms with Gasteiger partial charge in [-0.2, -0.15) is 4.31 Å². The quantitative estimate of drug-likeness (QED) is 0.323. The third-order valence-corrected chi connectivity index (χ3v) is 10.1. The van der Waals surface area contributed by atoms with E-state index in [1.165, 1.54) is 0 Å². The first-order valence-electron chi connectivity index (χ1n) is 13.1. The Morgan fingerprint density at radius 3 is 1.66 bits per heavy atom. The SMILES string of the molecule is COc1ccc(CN(Cc2ccc(OC)cc2)S(=O)(=O)C(C)C(C)C/C=C/B2OC(C)(C)C(C)(C)O2)cc1. The van der Waals surface area contributed by atoms with E-state index in [1.54, 1.807) is 25.4 Å². The highest BCUT2D eigenvalue weighted by Gasteiger charge is 2.50. The Bertz CT molecular complexity index is 1110. The van der Waals surface area contributed by atoms with Crippen molar-refractivity contribution in [2.24, 2.45) is 5.92 Å². The summed E-state index contributed by atoms with van der Waals surface area (Å²) in [6.07, 6.45) is 2.56. The first-order valence-corrected chi connectivity index (χ1v) is 14.6. The number of hydrogen-bond acceptors (Lipinski definition) is 6. The Kier molecular flexibility index (Phi) is 9.74. The Morgan fingerprint density at radius 1 is 0.842 bits per heavy atom. The molecule has 1 aliphatic rings. The van der Waals surface area contributed by atoms with E-state index in [-0.39, 0.29) is 19.0 Å². The van der Waals surface area contributed by atoms with E-state index in [0.29, 0.717) is 6.42 Å². The number of benzene rings is 2. The molecule has 208 valence electrons. The van der Waals surface area contributed by atoms with Crippen molar-refractivity contribution in [2.75, 3.05) is 14.2 Å². The molecule has 1 heterocycles. The van der Waals surface area contributed by atoms with Crippen molar-refractivity contribution in [2.45, 2.75) is 77.5 Å². The van der Waals surface area contributed by atoms with Gasteiger partial charge in [0.25, 0.3) is 0 Å². The second-order valence-corrected chi connectivity index (χ2v) is 13.3. The Labute approximate surface area is 229 Å². The maximum atomic E-state index is 13.9. The molecule has 7 nitrogen and oxygen atoms in total. The lowest BCUT2D eigenvalue weighted by Crippen LogP contribution is -2.41. The first kappa shape index (κ1) is 30.2. The van der Waals surface area contributed by atoms with Crippen molar-refractivity contribution in [1.82, 2.24) is 4.31 Å². The zero-order valence-corrected chi connectivity index (χ0v) is 24.7. The molecule has 0 spiro atoms. The van der Waals surface area contributed by atoms with Gasteiger partial charge in [-0.1, -0.05) is 43.2 Å². The molecule has 2 atom stereocenters. The third-order valence-electron chi connectivity index (χ3n) is 7.74. The zero-order chi connectivity index (χ0) is 28.1. The molecule has 3 rings (SSSR count). The number of allylic oxidation sites excluding steroid dienone is 1. The number of rotatable bonds is 12. The second kappa shape index (κ2) is 12.2. The van der Waals surface area contributed by atoms with Crippen LogP contribution >= 0.6 is 0 Å². The van der Waals surface area contributed by atoms with Gasteiger partial charge in [0.15, 0.2) is 0 Å². The summed E-state index contributed by atoms with van der Waals surface area (Å²) in [6, 6.07) is 15.0. The smallest absolute Gasteiger partial charge is 0.486 e. The molecular weight excluding hydrogens is 501 g/mol. The van der Waals surface area contributed by atoms with Gasteiger partial charge in [-0.25, -0.2) is 8.42 Å². The van der Waals surface area contributed by atoms with Crippen LogP contribution in [-0.2, 0) is 32.4 Å². The minimum Gasteiger partial charge on any atom is -0.497 e. The molecule has 1 fully saturated rings. The van der Waals surface area contributed by atoms with Crippen LogP contribution < -0.4 is 9.47 Å². The molecule has 1 aliphatic heterocycles. The van der Waals surface area contributed by atoms with Gasteiger partial charge < -0.3 is 18.8 Å². The Hall–Kier alpha value is -2.33. The van der Waals surface area contributed by atoms with Crippen molar-refractivity contribution in [1.29, 1.82) is 0 Å². The van der Waals surface area contributed by atoms with E-state index in [4.69, 9.17) is 18.8 Å². The topological polar surface area (TPSA) is 74.3 Å². The summed E-state index contributed by atoms with van der Waals surface area (Å²) in [5.41, 5.74) is 0.966. The summed E-state index contributed by atoms with van der Waals surface area (Å²) in [7, 11) is -0.862. The van der Waals surface area contributed by atoms with E-state index in [9.17, 15) is 8.42 Å². The van der Waals surface area contributed by atoms with Crippen LogP contribution in [0.3, 0.4) is 0 Å². The van der Waals surface area contributed by atoms with Crippen LogP contribution in [0.1, 0.15) is 59.1 Å². The molecule has 38 heavy (non-hydrogen) atoms. The molecule has 0 radical (unpaired) electrons. The molecule has 1 saturated heterocycles. The maximum absolute atomic E-state index is 13.9. The molecule has 9 heteroatoms. The largest absolute Gasteiger partial charge is 0.497 e. The highest BCUT2D eigenvalue weighted by Crippen LogP contribution is 2.37. The lowest BCUT2D eigenvalue weighted by molar-refractivity contribution is 0.00578. The molecule has 2 unspecified atom stereocenters. The summed E-state index contributed by atoms with van der Waals surface area (Å²) in [4.78, 5) is 0. The second-order valence-electron chi connectivity index (χ2n) is 11.0. The van der Waals surface area contributed by atoms with Crippen LogP contribution in [-0.4, -0.2) is 50.5 Å². The van der Waals surface area contributed by atoms with Gasteiger partial charge in [-0.05, 0) is 82.3 Å². The summed E-state index contributed by atoms with van der Waals surface area (Å²) in [5.74, 6) is 3.23. The van der Waals surface area contributed by atoms with Gasteiger partial charge in [0, 0.05) is 13.1 Å². The van der Waals surface area contributed by atoms with Gasteiger partial charge >= 0.3 is 7.12 Å². The molecular formula is C29H42BNO6S. The monoisotopic (exact) mass is 543 g/mol. The standard InChI is InChI=1S/C29H42BNO6S/c1-22(10-9-19-30-36-28(3,4)29(5,6)37-30)23(2)38(32,33)31(20-24-11-15-26(34-7)16-12-24)21-25-13-17-27(35-8)18-14-25/h9,11-19,22-23H,10,20-21H2,1-8H3/b19-9+. The highest BCUT2D eigenvalue weighted by atomic mass is 32.2.